The molecule has 0 atom stereocenters. The lowest BCUT2D eigenvalue weighted by molar-refractivity contribution is 0.0996. The van der Waals surface area contributed by atoms with Crippen molar-refractivity contribution in [2.24, 2.45) is 10.9 Å². The Bertz CT molecular complexity index is 770. The molecule has 1 aliphatic carbocycles. The number of rotatable bonds is 10. The van der Waals surface area contributed by atoms with E-state index < -0.39 is 0 Å². The molecule has 2 aromatic rings. The molecular formula is C21H28N4O3. The van der Waals surface area contributed by atoms with Gasteiger partial charge in [0.05, 0.1) is 6.26 Å². The summed E-state index contributed by atoms with van der Waals surface area (Å²) in [6, 6.07) is 11.0. The first-order valence-electron chi connectivity index (χ1n) is 9.70. The summed E-state index contributed by atoms with van der Waals surface area (Å²) in [5.41, 5.74) is 1.75. The molecule has 1 saturated carbocycles. The van der Waals surface area contributed by atoms with Crippen LogP contribution in [0, 0.1) is 5.92 Å². The normalized spacial score (nSPS) is 14.0. The average molecular weight is 384 g/mol. The van der Waals surface area contributed by atoms with Gasteiger partial charge in [0.2, 0.25) is 0 Å². The van der Waals surface area contributed by atoms with Crippen LogP contribution in [0.25, 0.3) is 0 Å². The molecule has 150 valence electrons. The van der Waals surface area contributed by atoms with Crippen LogP contribution in [0.4, 0.5) is 5.69 Å². The van der Waals surface area contributed by atoms with E-state index in [1.165, 1.54) is 19.1 Å². The van der Waals surface area contributed by atoms with E-state index in [1.807, 2.05) is 24.3 Å². The molecule has 0 aliphatic heterocycles. The largest absolute Gasteiger partial charge is 0.459 e. The zero-order chi connectivity index (χ0) is 19.6. The Morgan fingerprint density at radius 3 is 2.89 bits per heavy atom. The van der Waals surface area contributed by atoms with Crippen LogP contribution < -0.4 is 16.0 Å². The second-order valence-electron chi connectivity index (χ2n) is 6.86. The standard InChI is InChI=1S/C21H28N4O3/c1-22-21(23-10-4-11-27-15-16-8-9-16)24-14-17-5-2-6-18(13-17)25-20(26)19-7-3-12-28-19/h2-3,5-7,12-13,16H,4,8-11,14-15H2,1H3,(H,25,26)(H2,22,23,24). The molecule has 0 bridgehead atoms. The number of ether oxygens (including phenoxy) is 1. The fraction of sp³-hybridized carbons (Fsp3) is 0.429. The minimum atomic E-state index is -0.267. The van der Waals surface area contributed by atoms with Crippen molar-refractivity contribution in [3.05, 3.63) is 54.0 Å². The van der Waals surface area contributed by atoms with Gasteiger partial charge in [-0.2, -0.15) is 0 Å². The van der Waals surface area contributed by atoms with Crippen LogP contribution in [-0.2, 0) is 11.3 Å². The molecule has 7 heteroatoms. The van der Waals surface area contributed by atoms with Gasteiger partial charge >= 0.3 is 0 Å². The molecule has 1 fully saturated rings. The number of guanidine groups is 1. The number of nitrogens with one attached hydrogen (secondary N) is 3. The third-order valence-electron chi connectivity index (χ3n) is 4.42. The van der Waals surface area contributed by atoms with Gasteiger partial charge in [-0.3, -0.25) is 9.79 Å². The Morgan fingerprint density at radius 2 is 2.14 bits per heavy atom. The van der Waals surface area contributed by atoms with Gasteiger partial charge in [-0.05, 0) is 55.0 Å². The van der Waals surface area contributed by atoms with Gasteiger partial charge in [-0.1, -0.05) is 12.1 Å². The number of aliphatic imine (C=N–C) groups is 1. The Hall–Kier alpha value is -2.80. The van der Waals surface area contributed by atoms with E-state index in [4.69, 9.17) is 9.15 Å². The lowest BCUT2D eigenvalue weighted by Gasteiger charge is -2.13. The van der Waals surface area contributed by atoms with E-state index in [0.717, 1.165) is 49.3 Å². The van der Waals surface area contributed by atoms with Crippen molar-refractivity contribution in [1.82, 2.24) is 10.6 Å². The summed E-state index contributed by atoms with van der Waals surface area (Å²) in [6.45, 7) is 3.09. The fourth-order valence-corrected chi connectivity index (χ4v) is 2.68. The van der Waals surface area contributed by atoms with Crippen LogP contribution in [0.3, 0.4) is 0 Å². The molecule has 3 N–H and O–H groups in total. The summed E-state index contributed by atoms with van der Waals surface area (Å²) in [7, 11) is 1.75. The lowest BCUT2D eigenvalue weighted by atomic mass is 10.2. The Labute approximate surface area is 165 Å². The maximum atomic E-state index is 12.1. The number of hydrogen-bond acceptors (Lipinski definition) is 4. The number of amides is 1. The van der Waals surface area contributed by atoms with Crippen molar-refractivity contribution in [1.29, 1.82) is 0 Å². The first kappa shape index (κ1) is 19.9. The van der Waals surface area contributed by atoms with E-state index in [1.54, 1.807) is 19.2 Å². The molecule has 0 saturated heterocycles. The van der Waals surface area contributed by atoms with Crippen LogP contribution in [0.2, 0.25) is 0 Å². The highest BCUT2D eigenvalue weighted by Gasteiger charge is 2.20. The third-order valence-corrected chi connectivity index (χ3v) is 4.42. The van der Waals surface area contributed by atoms with Crippen molar-refractivity contribution < 1.29 is 13.9 Å². The zero-order valence-electron chi connectivity index (χ0n) is 16.2. The van der Waals surface area contributed by atoms with Crippen LogP contribution in [-0.4, -0.2) is 38.7 Å². The van der Waals surface area contributed by atoms with E-state index in [2.05, 4.69) is 20.9 Å². The van der Waals surface area contributed by atoms with Crippen molar-refractivity contribution in [3.8, 4) is 0 Å². The SMILES string of the molecule is CN=C(NCCCOCC1CC1)NCc1cccc(NC(=O)c2ccco2)c1. The molecule has 1 amide bonds. The third kappa shape index (κ3) is 6.74. The highest BCUT2D eigenvalue weighted by Crippen LogP contribution is 2.28. The molecule has 7 nitrogen and oxygen atoms in total. The first-order valence-corrected chi connectivity index (χ1v) is 9.70. The first-order chi connectivity index (χ1) is 13.7. The summed E-state index contributed by atoms with van der Waals surface area (Å²) in [5.74, 6) is 1.57. The van der Waals surface area contributed by atoms with Crippen molar-refractivity contribution in [2.45, 2.75) is 25.8 Å². The summed E-state index contributed by atoms with van der Waals surface area (Å²) in [4.78, 5) is 16.3. The quantitative estimate of drug-likeness (QED) is 0.333. The van der Waals surface area contributed by atoms with Crippen LogP contribution in [0.1, 0.15) is 35.4 Å². The molecule has 1 aromatic heterocycles. The number of hydrogen-bond donors (Lipinski definition) is 3. The number of benzene rings is 1. The molecule has 0 unspecified atom stereocenters. The topological polar surface area (TPSA) is 87.9 Å². The second kappa shape index (κ2) is 10.5. The van der Waals surface area contributed by atoms with Gasteiger partial charge in [0.15, 0.2) is 11.7 Å². The minimum absolute atomic E-state index is 0.267. The van der Waals surface area contributed by atoms with Crippen molar-refractivity contribution in [3.63, 3.8) is 0 Å². The van der Waals surface area contributed by atoms with Crippen molar-refractivity contribution >= 4 is 17.6 Å². The Kier molecular flexibility index (Phi) is 7.49. The summed E-state index contributed by atoms with van der Waals surface area (Å²) in [5, 5.41) is 9.40. The zero-order valence-corrected chi connectivity index (χ0v) is 16.2. The van der Waals surface area contributed by atoms with Gasteiger partial charge in [0.1, 0.15) is 0 Å². The summed E-state index contributed by atoms with van der Waals surface area (Å²) < 4.78 is 10.7. The summed E-state index contributed by atoms with van der Waals surface area (Å²) >= 11 is 0. The molecule has 3 rings (SSSR count). The van der Waals surface area contributed by atoms with E-state index in [-0.39, 0.29) is 11.7 Å². The van der Waals surface area contributed by atoms with Crippen LogP contribution >= 0.6 is 0 Å². The molecule has 1 aromatic carbocycles. The maximum Gasteiger partial charge on any atom is 0.291 e. The van der Waals surface area contributed by atoms with Gasteiger partial charge < -0.3 is 25.1 Å². The van der Waals surface area contributed by atoms with E-state index in [9.17, 15) is 4.79 Å². The number of anilines is 1. The minimum Gasteiger partial charge on any atom is -0.459 e. The van der Waals surface area contributed by atoms with Gasteiger partial charge in [-0.25, -0.2) is 0 Å². The van der Waals surface area contributed by atoms with Gasteiger partial charge in [0, 0.05) is 39.0 Å². The number of carbonyl (C=O) groups is 1. The van der Waals surface area contributed by atoms with E-state index in [0.29, 0.717) is 6.54 Å². The molecular weight excluding hydrogens is 356 g/mol. The molecule has 1 heterocycles. The van der Waals surface area contributed by atoms with Gasteiger partial charge in [0.25, 0.3) is 5.91 Å². The van der Waals surface area contributed by atoms with Crippen molar-refractivity contribution in [2.75, 3.05) is 32.1 Å². The smallest absolute Gasteiger partial charge is 0.291 e. The number of nitrogens with zero attached hydrogens (tertiary/aromatic N) is 1. The highest BCUT2D eigenvalue weighted by atomic mass is 16.5. The monoisotopic (exact) mass is 384 g/mol. The van der Waals surface area contributed by atoms with Gasteiger partial charge in [-0.15, -0.1) is 0 Å². The lowest BCUT2D eigenvalue weighted by Crippen LogP contribution is -2.37. The highest BCUT2D eigenvalue weighted by molar-refractivity contribution is 6.02. The van der Waals surface area contributed by atoms with Crippen LogP contribution in [0.5, 0.6) is 0 Å². The number of carbonyl (C=O) groups excluding carboxylic acids is 1. The maximum absolute atomic E-state index is 12.1. The van der Waals surface area contributed by atoms with Crippen LogP contribution in [0.15, 0.2) is 52.1 Å². The molecule has 28 heavy (non-hydrogen) atoms. The summed E-state index contributed by atoms with van der Waals surface area (Å²) in [6.07, 6.45) is 5.07. The molecule has 1 aliphatic rings. The second-order valence-corrected chi connectivity index (χ2v) is 6.86. The molecule has 0 spiro atoms. The fourth-order valence-electron chi connectivity index (χ4n) is 2.68. The number of furan rings is 1. The average Bonchev–Trinajstić information content (AvgIpc) is 3.36. The predicted octanol–water partition coefficient (Wildman–Crippen LogP) is 3.01. The predicted molar refractivity (Wildman–Crippen MR) is 109 cm³/mol. The Balaban J connectivity index is 1.38. The van der Waals surface area contributed by atoms with E-state index >= 15 is 0 Å². The molecule has 0 radical (unpaired) electrons. The Morgan fingerprint density at radius 1 is 1.25 bits per heavy atom.